The van der Waals surface area contributed by atoms with Gasteiger partial charge in [-0.2, -0.15) is 0 Å². The predicted octanol–water partition coefficient (Wildman–Crippen LogP) is 1.47. The molecule has 2 aliphatic heterocycles. The van der Waals surface area contributed by atoms with E-state index in [-0.39, 0.29) is 36.0 Å². The molecule has 4 rings (SSSR count). The lowest BCUT2D eigenvalue weighted by Crippen LogP contribution is -2.52. The van der Waals surface area contributed by atoms with E-state index >= 15 is 0 Å². The van der Waals surface area contributed by atoms with E-state index in [2.05, 4.69) is 53.4 Å². The van der Waals surface area contributed by atoms with E-state index in [1.165, 1.54) is 16.0 Å². The van der Waals surface area contributed by atoms with Gasteiger partial charge in [0.15, 0.2) is 0 Å². The third kappa shape index (κ3) is 4.57. The fourth-order valence-corrected chi connectivity index (χ4v) is 5.16. The summed E-state index contributed by atoms with van der Waals surface area (Å²) < 4.78 is 11.5. The van der Waals surface area contributed by atoms with Crippen molar-refractivity contribution in [2.75, 3.05) is 44.4 Å². The van der Waals surface area contributed by atoms with Crippen LogP contribution in [0.1, 0.15) is 17.2 Å². The molecular weight excluding hydrogens is 386 g/mol. The van der Waals surface area contributed by atoms with Crippen LogP contribution in [0.3, 0.4) is 0 Å². The first-order valence-corrected chi connectivity index (χ1v) is 11.3. The second kappa shape index (κ2) is 8.88. The van der Waals surface area contributed by atoms with Gasteiger partial charge in [0.25, 0.3) is 0 Å². The minimum absolute atomic E-state index is 0.0331. The second-order valence-electron chi connectivity index (χ2n) is 7.45. The number of carbonyl (C=O) groups excluding carboxylic acids is 2. The van der Waals surface area contributed by atoms with Gasteiger partial charge in [0.1, 0.15) is 12.3 Å². The van der Waals surface area contributed by atoms with Crippen LogP contribution in [0.5, 0.6) is 0 Å². The highest BCUT2D eigenvalue weighted by molar-refractivity contribution is 7.86. The van der Waals surface area contributed by atoms with Gasteiger partial charge in [-0.3, -0.25) is 18.7 Å². The lowest BCUT2D eigenvalue weighted by Gasteiger charge is -2.40. The smallest absolute Gasteiger partial charge is 0.242 e. The zero-order valence-corrected chi connectivity index (χ0v) is 17.1. The molecule has 0 aliphatic carbocycles. The highest BCUT2D eigenvalue weighted by Gasteiger charge is 2.32. The summed E-state index contributed by atoms with van der Waals surface area (Å²) in [5.74, 6) is -0.0395. The van der Waals surface area contributed by atoms with E-state index in [1.807, 2.05) is 17.0 Å². The molecule has 0 radical (unpaired) electrons. The van der Waals surface area contributed by atoms with Gasteiger partial charge in [-0.25, -0.2) is 0 Å². The number of amides is 2. The predicted molar refractivity (Wildman–Crippen MR) is 112 cm³/mol. The lowest BCUT2D eigenvalue weighted by molar-refractivity contribution is -0.139. The van der Waals surface area contributed by atoms with Crippen LogP contribution in [-0.4, -0.2) is 75.1 Å². The quantitative estimate of drug-likeness (QED) is 0.748. The molecule has 152 valence electrons. The van der Waals surface area contributed by atoms with Gasteiger partial charge >= 0.3 is 0 Å². The van der Waals surface area contributed by atoms with Crippen LogP contribution < -0.4 is 0 Å². The highest BCUT2D eigenvalue weighted by Crippen LogP contribution is 2.29. The Morgan fingerprint density at radius 3 is 1.93 bits per heavy atom. The molecule has 2 aromatic rings. The molecule has 6 nitrogen and oxygen atoms in total. The molecule has 2 aromatic carbocycles. The maximum Gasteiger partial charge on any atom is 0.242 e. The van der Waals surface area contributed by atoms with E-state index in [4.69, 9.17) is 0 Å². The average molecular weight is 412 g/mol. The third-order valence-corrected chi connectivity index (χ3v) is 6.69. The largest absolute Gasteiger partial charge is 0.339 e. The number of hydrogen-bond acceptors (Lipinski definition) is 4. The van der Waals surface area contributed by atoms with E-state index in [1.54, 1.807) is 0 Å². The number of benzene rings is 2. The maximum absolute atomic E-state index is 12.6. The Kier molecular flexibility index (Phi) is 6.06. The molecule has 2 heterocycles. The molecule has 0 aromatic heterocycles. The minimum Gasteiger partial charge on any atom is -0.339 e. The number of hydrogen-bond donors (Lipinski definition) is 0. The fourth-order valence-electron chi connectivity index (χ4n) is 4.03. The number of rotatable bonds is 5. The van der Waals surface area contributed by atoms with Gasteiger partial charge in [-0.1, -0.05) is 60.7 Å². The summed E-state index contributed by atoms with van der Waals surface area (Å²) in [4.78, 5) is 30.1. The van der Waals surface area contributed by atoms with Crippen LogP contribution in [0.25, 0.3) is 0 Å². The first kappa shape index (κ1) is 19.8. The van der Waals surface area contributed by atoms with Crippen molar-refractivity contribution in [3.05, 3.63) is 71.8 Å². The van der Waals surface area contributed by atoms with Gasteiger partial charge < -0.3 is 9.80 Å². The van der Waals surface area contributed by atoms with E-state index in [9.17, 15) is 13.8 Å². The molecule has 1 atom stereocenters. The van der Waals surface area contributed by atoms with Gasteiger partial charge in [0.2, 0.25) is 11.8 Å². The van der Waals surface area contributed by atoms with E-state index in [0.717, 1.165) is 13.1 Å². The number of nitrogens with zero attached hydrogens (tertiary/aromatic N) is 3. The summed E-state index contributed by atoms with van der Waals surface area (Å²) in [6, 6.07) is 21.0. The molecule has 7 heteroatoms. The van der Waals surface area contributed by atoms with E-state index < -0.39 is 10.8 Å². The number of piperazine rings is 1. The Hall–Kier alpha value is -2.51. The van der Waals surface area contributed by atoms with Gasteiger partial charge in [0, 0.05) is 26.2 Å². The molecule has 1 unspecified atom stereocenters. The van der Waals surface area contributed by atoms with Crippen LogP contribution >= 0.6 is 0 Å². The van der Waals surface area contributed by atoms with Crippen molar-refractivity contribution in [3.8, 4) is 0 Å². The first-order chi connectivity index (χ1) is 14.1. The number of carbonyl (C=O) groups is 2. The Bertz CT molecular complexity index is 843. The van der Waals surface area contributed by atoms with Crippen LogP contribution in [-0.2, 0) is 20.4 Å². The second-order valence-corrected chi connectivity index (χ2v) is 8.87. The zero-order valence-electron chi connectivity index (χ0n) is 16.3. The summed E-state index contributed by atoms with van der Waals surface area (Å²) in [6.07, 6.45) is 0. The fraction of sp³-hybridized carbons (Fsp3) is 0.364. The SMILES string of the molecule is O=C(CN1CS(=O)CC1=O)N1CCN(C(c2ccccc2)c2ccccc2)CC1. The molecule has 0 N–H and O–H groups in total. The standard InChI is InChI=1S/C22H25N3O3S/c26-20(15-25-17-29(28)16-21(25)27)23-11-13-24(14-12-23)22(18-7-3-1-4-8-18)19-9-5-2-6-10-19/h1-10,22H,11-17H2. The summed E-state index contributed by atoms with van der Waals surface area (Å²) in [7, 11) is -1.16. The van der Waals surface area contributed by atoms with Crippen molar-refractivity contribution in [1.29, 1.82) is 0 Å². The van der Waals surface area contributed by atoms with Crippen LogP contribution in [0.4, 0.5) is 0 Å². The maximum atomic E-state index is 12.6. The van der Waals surface area contributed by atoms with Crippen LogP contribution in [0, 0.1) is 0 Å². The zero-order chi connectivity index (χ0) is 20.2. The molecule has 2 fully saturated rings. The molecule has 0 saturated carbocycles. The molecule has 0 bridgehead atoms. The molecule has 2 amide bonds. The first-order valence-electron chi connectivity index (χ1n) is 9.86. The topological polar surface area (TPSA) is 60.9 Å². The summed E-state index contributed by atoms with van der Waals surface area (Å²) in [5, 5.41) is 0. The molecule has 2 saturated heterocycles. The molecule has 29 heavy (non-hydrogen) atoms. The monoisotopic (exact) mass is 411 g/mol. The highest BCUT2D eigenvalue weighted by atomic mass is 32.2. The minimum atomic E-state index is -1.16. The van der Waals surface area contributed by atoms with Crippen molar-refractivity contribution in [1.82, 2.24) is 14.7 Å². The van der Waals surface area contributed by atoms with Gasteiger partial charge in [-0.05, 0) is 11.1 Å². The third-order valence-electron chi connectivity index (χ3n) is 5.53. The normalized spacial score (nSPS) is 20.4. The van der Waals surface area contributed by atoms with Crippen molar-refractivity contribution < 1.29 is 13.8 Å². The molecular formula is C22H25N3O3S. The van der Waals surface area contributed by atoms with Gasteiger partial charge in [-0.15, -0.1) is 0 Å². The van der Waals surface area contributed by atoms with Crippen molar-refractivity contribution in [3.63, 3.8) is 0 Å². The summed E-state index contributed by atoms with van der Waals surface area (Å²) >= 11 is 0. The summed E-state index contributed by atoms with van der Waals surface area (Å²) in [5.41, 5.74) is 2.48. The van der Waals surface area contributed by atoms with E-state index in [0.29, 0.717) is 13.1 Å². The van der Waals surface area contributed by atoms with Gasteiger partial charge in [0.05, 0.1) is 22.7 Å². The van der Waals surface area contributed by atoms with Crippen molar-refractivity contribution in [2.24, 2.45) is 0 Å². The van der Waals surface area contributed by atoms with Crippen LogP contribution in [0.2, 0.25) is 0 Å². The Morgan fingerprint density at radius 1 is 0.897 bits per heavy atom. The molecule has 2 aliphatic rings. The Morgan fingerprint density at radius 2 is 1.45 bits per heavy atom. The Labute approximate surface area is 173 Å². The Balaban J connectivity index is 1.42. The average Bonchev–Trinajstić information content (AvgIpc) is 3.07. The molecule has 0 spiro atoms. The van der Waals surface area contributed by atoms with Crippen molar-refractivity contribution in [2.45, 2.75) is 6.04 Å². The van der Waals surface area contributed by atoms with Crippen molar-refractivity contribution >= 4 is 22.6 Å². The lowest BCUT2D eigenvalue weighted by atomic mass is 9.96. The summed E-state index contributed by atoms with van der Waals surface area (Å²) in [6.45, 7) is 2.81. The van der Waals surface area contributed by atoms with Crippen LogP contribution in [0.15, 0.2) is 60.7 Å².